The Morgan fingerprint density at radius 3 is 1.52 bits per heavy atom. The molecule has 0 unspecified atom stereocenters. The predicted molar refractivity (Wildman–Crippen MR) is 273 cm³/mol. The zero-order valence-electron chi connectivity index (χ0n) is 38.2. The van der Waals surface area contributed by atoms with Crippen LogP contribution in [0.4, 0.5) is 0 Å². The van der Waals surface area contributed by atoms with Gasteiger partial charge in [-0.25, -0.2) is 0 Å². The summed E-state index contributed by atoms with van der Waals surface area (Å²) in [6.45, 7) is 13.3. The van der Waals surface area contributed by atoms with Crippen LogP contribution in [0.25, 0.3) is 63.9 Å². The van der Waals surface area contributed by atoms with Gasteiger partial charge in [0, 0.05) is 36.1 Å². The number of nitrogens with zero attached hydrogens (tertiary/aromatic N) is 2. The molecule has 0 spiro atoms. The second-order valence-electron chi connectivity index (χ2n) is 19.1. The first-order chi connectivity index (χ1) is 30.6. The van der Waals surface area contributed by atoms with E-state index in [4.69, 9.17) is 18.1 Å². The zero-order valence-corrected chi connectivity index (χ0v) is 40.7. The molecule has 4 nitrogen and oxygen atoms in total. The van der Waals surface area contributed by atoms with Gasteiger partial charge in [0.15, 0.2) is 0 Å². The largest absolute Gasteiger partial charge is 0.494 e. The number of rotatable bonds is 19. The molecule has 0 N–H and O–H groups in total. The molecule has 0 amide bonds. The lowest BCUT2D eigenvalue weighted by atomic mass is 9.68. The van der Waals surface area contributed by atoms with Gasteiger partial charge in [-0.15, -0.1) is 22.7 Å². The number of hydrogen-bond donors (Lipinski definition) is 0. The molecule has 0 radical (unpaired) electrons. The number of benzene rings is 4. The molecule has 326 valence electrons. The quantitative estimate of drug-likeness (QED) is 0.0599. The third-order valence-corrected chi connectivity index (χ3v) is 17.2. The van der Waals surface area contributed by atoms with Crippen LogP contribution in [0.3, 0.4) is 0 Å². The van der Waals surface area contributed by atoms with E-state index in [0.29, 0.717) is 0 Å². The summed E-state index contributed by atoms with van der Waals surface area (Å²) in [7, 11) is -0.379. The van der Waals surface area contributed by atoms with Crippen molar-refractivity contribution in [1.82, 2.24) is 8.75 Å². The molecular weight excluding hydrogens is 828 g/mol. The van der Waals surface area contributed by atoms with E-state index in [-0.39, 0.29) is 23.7 Å². The molecular formula is C55H63BN2O2S3. The molecule has 7 aromatic rings. The molecule has 1 saturated heterocycles. The summed E-state index contributed by atoms with van der Waals surface area (Å²) >= 11 is 5.00. The third-order valence-electron chi connectivity index (χ3n) is 14.3. The van der Waals surface area contributed by atoms with Crippen molar-refractivity contribution in [3.05, 3.63) is 114 Å². The Bertz CT molecular complexity index is 2620. The van der Waals surface area contributed by atoms with E-state index in [0.717, 1.165) is 40.5 Å². The number of hydrogen-bond acceptors (Lipinski definition) is 7. The molecule has 0 bridgehead atoms. The van der Waals surface area contributed by atoms with Gasteiger partial charge >= 0.3 is 7.12 Å². The maximum absolute atomic E-state index is 6.68. The van der Waals surface area contributed by atoms with Crippen LogP contribution in [0.1, 0.15) is 143 Å². The summed E-state index contributed by atoms with van der Waals surface area (Å²) in [4.78, 5) is 5.00. The van der Waals surface area contributed by atoms with Gasteiger partial charge in [0.1, 0.15) is 11.0 Å². The van der Waals surface area contributed by atoms with Crippen LogP contribution in [-0.4, -0.2) is 27.1 Å². The number of unbranched alkanes of at least 4 members (excludes halogenated alkanes) is 10. The molecule has 9 rings (SSSR count). The minimum atomic E-state index is -0.386. The van der Waals surface area contributed by atoms with Crippen molar-refractivity contribution in [2.24, 2.45) is 0 Å². The van der Waals surface area contributed by atoms with Crippen LogP contribution in [0, 0.1) is 0 Å². The first-order valence-corrected chi connectivity index (χ1v) is 26.2. The molecule has 0 atom stereocenters. The summed E-state index contributed by atoms with van der Waals surface area (Å²) in [5.41, 5.74) is 12.9. The number of fused-ring (bicyclic) bond motifs is 4. The van der Waals surface area contributed by atoms with E-state index >= 15 is 0 Å². The minimum absolute atomic E-state index is 0.0631. The first kappa shape index (κ1) is 44.3. The smallest absolute Gasteiger partial charge is 0.399 e. The van der Waals surface area contributed by atoms with Crippen LogP contribution in [0.5, 0.6) is 0 Å². The van der Waals surface area contributed by atoms with Crippen molar-refractivity contribution in [1.29, 1.82) is 0 Å². The van der Waals surface area contributed by atoms with Gasteiger partial charge in [0.05, 0.1) is 22.9 Å². The number of thiophene rings is 2. The van der Waals surface area contributed by atoms with Crippen LogP contribution >= 0.6 is 34.4 Å². The Balaban J connectivity index is 1.07. The zero-order chi connectivity index (χ0) is 43.6. The average molecular weight is 891 g/mol. The SMILES string of the molecule is CCCCCCCCC1(CCCCCCCC)c2cc(B3OC(C)(C)C(C)(C)O3)ccc2-c2ccc(-c3ccc(-c4ccc(-c5ccc(-c6ccccc6)s5)c5nsnc45)s3)cc21. The molecule has 4 heterocycles. The number of aromatic nitrogens is 2. The summed E-state index contributed by atoms with van der Waals surface area (Å²) < 4.78 is 23.1. The molecule has 8 heteroatoms. The summed E-state index contributed by atoms with van der Waals surface area (Å²) in [6.07, 6.45) is 17.9. The molecule has 4 aromatic carbocycles. The maximum Gasteiger partial charge on any atom is 0.494 e. The van der Waals surface area contributed by atoms with Crippen molar-refractivity contribution < 1.29 is 9.31 Å². The Morgan fingerprint density at radius 2 is 0.952 bits per heavy atom. The van der Waals surface area contributed by atoms with Gasteiger partial charge < -0.3 is 9.31 Å². The van der Waals surface area contributed by atoms with Crippen LogP contribution in [0.15, 0.2) is 103 Å². The van der Waals surface area contributed by atoms with Gasteiger partial charge in [0.25, 0.3) is 0 Å². The standard InChI is InChI=1S/C55H63BN2O2S3/c1-7-9-11-13-15-20-34-55(35-21-16-14-12-10-8-2)45-36-39(24-26-41(45)42-27-25-40(37-46(42)55)56-59-53(3,4)54(5,6)60-56)48-31-33-50(62-48)44-29-28-43(51-52(44)58-63-57-51)49-32-30-47(61-49)38-22-18-17-19-23-38/h17-19,22-33,36-37H,7-16,20-21,34-35H2,1-6H3. The van der Waals surface area contributed by atoms with Crippen LogP contribution < -0.4 is 5.46 Å². The lowest BCUT2D eigenvalue weighted by Gasteiger charge is -2.33. The van der Waals surface area contributed by atoms with Crippen molar-refractivity contribution in [3.63, 3.8) is 0 Å². The highest BCUT2D eigenvalue weighted by molar-refractivity contribution is 7.19. The Hall–Kier alpha value is -3.92. The predicted octanol–water partition coefficient (Wildman–Crippen LogP) is 16.5. The minimum Gasteiger partial charge on any atom is -0.399 e. The fourth-order valence-corrected chi connectivity index (χ4v) is 12.7. The molecule has 1 aliphatic carbocycles. The summed E-state index contributed by atoms with van der Waals surface area (Å²) in [6, 6.07) is 38.8. The second-order valence-corrected chi connectivity index (χ2v) is 21.8. The lowest BCUT2D eigenvalue weighted by Crippen LogP contribution is -2.41. The van der Waals surface area contributed by atoms with Crippen LogP contribution in [0.2, 0.25) is 0 Å². The summed E-state index contributed by atoms with van der Waals surface area (Å²) in [5, 5.41) is 0. The lowest BCUT2D eigenvalue weighted by molar-refractivity contribution is 0.00578. The van der Waals surface area contributed by atoms with E-state index < -0.39 is 0 Å². The van der Waals surface area contributed by atoms with E-state index in [2.05, 4.69) is 145 Å². The van der Waals surface area contributed by atoms with E-state index in [1.165, 1.54) is 142 Å². The molecule has 3 aromatic heterocycles. The average Bonchev–Trinajstić information content (AvgIpc) is 4.14. The first-order valence-electron chi connectivity index (χ1n) is 23.8. The van der Waals surface area contributed by atoms with Gasteiger partial charge in [-0.2, -0.15) is 8.75 Å². The second kappa shape index (κ2) is 18.9. The van der Waals surface area contributed by atoms with Gasteiger partial charge in [-0.05, 0) is 110 Å². The molecule has 1 fully saturated rings. The van der Waals surface area contributed by atoms with Crippen molar-refractivity contribution in [2.75, 3.05) is 0 Å². The maximum atomic E-state index is 6.68. The van der Waals surface area contributed by atoms with Gasteiger partial charge in [0.2, 0.25) is 0 Å². The van der Waals surface area contributed by atoms with Gasteiger partial charge in [-0.1, -0.05) is 164 Å². The fraction of sp³-hybridized carbons (Fsp3) is 0.418. The van der Waals surface area contributed by atoms with Crippen molar-refractivity contribution >= 4 is 58.0 Å². The van der Waals surface area contributed by atoms with E-state index in [1.54, 1.807) is 0 Å². The Morgan fingerprint density at radius 1 is 0.476 bits per heavy atom. The van der Waals surface area contributed by atoms with E-state index in [1.807, 2.05) is 22.7 Å². The molecule has 2 aliphatic rings. The third kappa shape index (κ3) is 8.80. The normalized spacial score (nSPS) is 15.9. The highest BCUT2D eigenvalue weighted by Gasteiger charge is 2.52. The van der Waals surface area contributed by atoms with Crippen molar-refractivity contribution in [3.8, 4) is 52.9 Å². The highest BCUT2D eigenvalue weighted by Crippen LogP contribution is 2.55. The highest BCUT2D eigenvalue weighted by atomic mass is 32.1. The van der Waals surface area contributed by atoms with Crippen LogP contribution in [-0.2, 0) is 14.7 Å². The molecule has 63 heavy (non-hydrogen) atoms. The molecule has 0 saturated carbocycles. The summed E-state index contributed by atoms with van der Waals surface area (Å²) in [5.74, 6) is 0. The fourth-order valence-electron chi connectivity index (χ4n) is 10.0. The Kier molecular flexibility index (Phi) is 13.3. The van der Waals surface area contributed by atoms with Crippen molar-refractivity contribution in [2.45, 2.75) is 148 Å². The monoisotopic (exact) mass is 890 g/mol. The van der Waals surface area contributed by atoms with Gasteiger partial charge in [-0.3, -0.25) is 0 Å². The Labute approximate surface area is 389 Å². The molecule has 1 aliphatic heterocycles. The topological polar surface area (TPSA) is 44.2 Å². The van der Waals surface area contributed by atoms with E-state index in [9.17, 15) is 0 Å².